The number of nitrogens with zero attached hydrogens (tertiary/aromatic N) is 1. The van der Waals surface area contributed by atoms with Crippen molar-refractivity contribution in [3.63, 3.8) is 0 Å². The first-order chi connectivity index (χ1) is 4.75. The molecule has 0 aliphatic carbocycles. The van der Waals surface area contributed by atoms with Gasteiger partial charge in [-0.05, 0) is 37.5 Å². The largest absolute Gasteiger partial charge is 0.261 e. The van der Waals surface area contributed by atoms with Gasteiger partial charge in [-0.1, -0.05) is 6.92 Å². The highest BCUT2D eigenvalue weighted by atomic mass is 14.7. The van der Waals surface area contributed by atoms with Gasteiger partial charge in [0.2, 0.25) is 0 Å². The Hall–Kier alpha value is -0.850. The first kappa shape index (κ1) is 7.26. The molecule has 0 aliphatic rings. The van der Waals surface area contributed by atoms with E-state index in [-0.39, 0.29) is 0 Å². The molecule has 10 heavy (non-hydrogen) atoms. The molecule has 1 heteroatoms. The molecular weight excluding hydrogens is 122 g/mol. The predicted molar refractivity (Wildman–Crippen MR) is 43.1 cm³/mol. The molecule has 0 unspecified atom stereocenters. The van der Waals surface area contributed by atoms with E-state index in [0.29, 0.717) is 0 Å². The summed E-state index contributed by atoms with van der Waals surface area (Å²) in [5.41, 5.74) is 3.90. The van der Waals surface area contributed by atoms with Gasteiger partial charge >= 0.3 is 0 Å². The smallest absolute Gasteiger partial charge is 0.0432 e. The first-order valence-corrected chi connectivity index (χ1v) is 3.66. The van der Waals surface area contributed by atoms with Crippen LogP contribution >= 0.6 is 0 Å². The maximum absolute atomic E-state index is 4.26. The van der Waals surface area contributed by atoms with E-state index < -0.39 is 0 Å². The Balaban J connectivity index is 3.14. The van der Waals surface area contributed by atoms with Crippen LogP contribution in [-0.2, 0) is 6.42 Å². The molecule has 1 heterocycles. The van der Waals surface area contributed by atoms with Crippen LogP contribution in [-0.4, -0.2) is 4.98 Å². The highest BCUT2D eigenvalue weighted by Gasteiger charge is 1.97. The fourth-order valence-electron chi connectivity index (χ4n) is 1.04. The Labute approximate surface area is 62.1 Å². The molecule has 0 N–H and O–H groups in total. The third-order valence-electron chi connectivity index (χ3n) is 1.91. The van der Waals surface area contributed by atoms with Crippen LogP contribution < -0.4 is 0 Å². The summed E-state index contributed by atoms with van der Waals surface area (Å²) in [4.78, 5) is 4.26. The summed E-state index contributed by atoms with van der Waals surface area (Å²) >= 11 is 0. The van der Waals surface area contributed by atoms with E-state index in [2.05, 4.69) is 31.8 Å². The molecule has 54 valence electrons. The van der Waals surface area contributed by atoms with Crippen LogP contribution in [0.5, 0.6) is 0 Å². The molecule has 0 atom stereocenters. The lowest BCUT2D eigenvalue weighted by molar-refractivity contribution is 0.996. The van der Waals surface area contributed by atoms with Crippen LogP contribution in [0, 0.1) is 13.8 Å². The number of pyridine rings is 1. The Morgan fingerprint density at radius 1 is 1.40 bits per heavy atom. The average molecular weight is 135 g/mol. The number of hydrogen-bond acceptors (Lipinski definition) is 1. The monoisotopic (exact) mass is 135 g/mol. The molecular formula is C9H13N. The lowest BCUT2D eigenvalue weighted by Gasteiger charge is -2.03. The Morgan fingerprint density at radius 2 is 2.10 bits per heavy atom. The molecule has 1 aromatic rings. The fourth-order valence-corrected chi connectivity index (χ4v) is 1.04. The third-order valence-corrected chi connectivity index (χ3v) is 1.91. The molecule has 0 amide bonds. The van der Waals surface area contributed by atoms with E-state index in [1.165, 1.54) is 16.8 Å². The third kappa shape index (κ3) is 1.18. The second-order valence-electron chi connectivity index (χ2n) is 2.55. The number of aromatic nitrogens is 1. The van der Waals surface area contributed by atoms with E-state index in [9.17, 15) is 0 Å². The molecule has 0 radical (unpaired) electrons. The molecule has 0 aliphatic heterocycles. The molecule has 1 nitrogen and oxygen atoms in total. The zero-order valence-electron chi connectivity index (χ0n) is 6.81. The number of aryl methyl sites for hydroxylation is 2. The Bertz CT molecular complexity index is 228. The normalized spacial score (nSPS) is 9.90. The maximum Gasteiger partial charge on any atom is 0.0432 e. The zero-order valence-corrected chi connectivity index (χ0v) is 6.81. The molecule has 0 saturated carbocycles. The molecule has 1 rings (SSSR count). The summed E-state index contributed by atoms with van der Waals surface area (Å²) in [6.45, 7) is 6.38. The zero-order chi connectivity index (χ0) is 7.56. The van der Waals surface area contributed by atoms with E-state index in [1.54, 1.807) is 0 Å². The van der Waals surface area contributed by atoms with Gasteiger partial charge in [0, 0.05) is 11.9 Å². The quantitative estimate of drug-likeness (QED) is 0.575. The Morgan fingerprint density at radius 3 is 2.60 bits per heavy atom. The van der Waals surface area contributed by atoms with Crippen LogP contribution in [0.3, 0.4) is 0 Å². The van der Waals surface area contributed by atoms with Gasteiger partial charge in [0.1, 0.15) is 0 Å². The van der Waals surface area contributed by atoms with E-state index in [4.69, 9.17) is 0 Å². The summed E-state index contributed by atoms with van der Waals surface area (Å²) in [7, 11) is 0. The lowest BCUT2D eigenvalue weighted by Crippen LogP contribution is -1.92. The second-order valence-corrected chi connectivity index (χ2v) is 2.55. The van der Waals surface area contributed by atoms with Gasteiger partial charge in [-0.2, -0.15) is 0 Å². The van der Waals surface area contributed by atoms with E-state index in [0.717, 1.165) is 6.42 Å². The fraction of sp³-hybridized carbons (Fsp3) is 0.444. The summed E-state index contributed by atoms with van der Waals surface area (Å²) in [6, 6.07) is 2.05. The summed E-state index contributed by atoms with van der Waals surface area (Å²) in [5.74, 6) is 0. The lowest BCUT2D eigenvalue weighted by atomic mass is 10.1. The summed E-state index contributed by atoms with van der Waals surface area (Å²) in [5, 5.41) is 0. The van der Waals surface area contributed by atoms with Gasteiger partial charge in [-0.15, -0.1) is 0 Å². The summed E-state index contributed by atoms with van der Waals surface area (Å²) in [6.07, 6.45) is 2.91. The van der Waals surface area contributed by atoms with Crippen molar-refractivity contribution in [3.8, 4) is 0 Å². The highest BCUT2D eigenvalue weighted by molar-refractivity contribution is 5.26. The molecule has 0 spiro atoms. The average Bonchev–Trinajstić information content (AvgIpc) is 1.95. The maximum atomic E-state index is 4.26. The minimum absolute atomic E-state index is 1.04. The van der Waals surface area contributed by atoms with Crippen molar-refractivity contribution < 1.29 is 0 Å². The van der Waals surface area contributed by atoms with Crippen molar-refractivity contribution in [2.45, 2.75) is 27.2 Å². The van der Waals surface area contributed by atoms with Crippen LogP contribution in [0.15, 0.2) is 12.3 Å². The first-order valence-electron chi connectivity index (χ1n) is 3.66. The van der Waals surface area contributed by atoms with Gasteiger partial charge in [-0.3, -0.25) is 4.98 Å². The van der Waals surface area contributed by atoms with Crippen molar-refractivity contribution in [2.24, 2.45) is 0 Å². The van der Waals surface area contributed by atoms with Gasteiger partial charge in [0.25, 0.3) is 0 Å². The molecule has 0 fully saturated rings. The number of hydrogen-bond donors (Lipinski definition) is 0. The summed E-state index contributed by atoms with van der Waals surface area (Å²) < 4.78 is 0. The predicted octanol–water partition coefficient (Wildman–Crippen LogP) is 2.26. The molecule has 0 bridgehead atoms. The van der Waals surface area contributed by atoms with Crippen molar-refractivity contribution in [1.29, 1.82) is 0 Å². The minimum Gasteiger partial charge on any atom is -0.261 e. The minimum atomic E-state index is 1.04. The number of rotatable bonds is 1. The topological polar surface area (TPSA) is 12.9 Å². The van der Waals surface area contributed by atoms with Crippen LogP contribution in [0.1, 0.15) is 23.7 Å². The van der Waals surface area contributed by atoms with E-state index >= 15 is 0 Å². The molecule has 0 saturated heterocycles. The molecule has 1 aromatic heterocycles. The van der Waals surface area contributed by atoms with Crippen LogP contribution in [0.4, 0.5) is 0 Å². The van der Waals surface area contributed by atoms with Gasteiger partial charge in [0.05, 0.1) is 0 Å². The van der Waals surface area contributed by atoms with E-state index in [1.807, 2.05) is 6.20 Å². The SMILES string of the molecule is CCc1nccc(C)c1C. The van der Waals surface area contributed by atoms with Crippen molar-refractivity contribution in [2.75, 3.05) is 0 Å². The van der Waals surface area contributed by atoms with Crippen molar-refractivity contribution >= 4 is 0 Å². The Kier molecular flexibility index (Phi) is 2.05. The van der Waals surface area contributed by atoms with Crippen molar-refractivity contribution in [3.05, 3.63) is 29.1 Å². The standard InChI is InChI=1S/C9H13N/c1-4-9-8(3)7(2)5-6-10-9/h5-6H,4H2,1-3H3. The molecule has 0 aromatic carbocycles. The van der Waals surface area contributed by atoms with Gasteiger partial charge in [0.15, 0.2) is 0 Å². The van der Waals surface area contributed by atoms with Gasteiger partial charge < -0.3 is 0 Å². The van der Waals surface area contributed by atoms with Crippen LogP contribution in [0.2, 0.25) is 0 Å². The van der Waals surface area contributed by atoms with Crippen LogP contribution in [0.25, 0.3) is 0 Å². The second kappa shape index (κ2) is 2.82. The van der Waals surface area contributed by atoms with Gasteiger partial charge in [-0.25, -0.2) is 0 Å². The highest BCUT2D eigenvalue weighted by Crippen LogP contribution is 2.09. The van der Waals surface area contributed by atoms with Crippen molar-refractivity contribution in [1.82, 2.24) is 4.98 Å².